The van der Waals surface area contributed by atoms with Gasteiger partial charge in [-0.15, -0.1) is 23.1 Å². The van der Waals surface area contributed by atoms with Crippen molar-refractivity contribution in [2.75, 3.05) is 23.5 Å². The van der Waals surface area contributed by atoms with Crippen molar-refractivity contribution in [1.82, 2.24) is 5.32 Å². The highest BCUT2D eigenvalue weighted by atomic mass is 32.2. The lowest BCUT2D eigenvalue weighted by Crippen LogP contribution is -2.30. The summed E-state index contributed by atoms with van der Waals surface area (Å²) in [4.78, 5) is 55.0. The topological polar surface area (TPSA) is 123 Å². The van der Waals surface area contributed by atoms with Crippen LogP contribution in [-0.2, 0) is 33.8 Å². The molecule has 9 nitrogen and oxygen atoms in total. The Bertz CT molecular complexity index is 2420. The Kier molecular flexibility index (Phi) is 13.1. The molecule has 1 aliphatic rings. The smallest absolute Gasteiger partial charge is 0.341 e. The van der Waals surface area contributed by atoms with Crippen LogP contribution < -0.4 is 20.7 Å². The third-order valence-electron chi connectivity index (χ3n) is 9.61. The highest BCUT2D eigenvalue weighted by Crippen LogP contribution is 2.43. The second-order valence-electron chi connectivity index (χ2n) is 13.6. The minimum Gasteiger partial charge on any atom is -0.489 e. The second-order valence-corrected chi connectivity index (χ2v) is 15.7. The number of esters is 1. The number of amides is 3. The summed E-state index contributed by atoms with van der Waals surface area (Å²) in [5.74, 6) is -0.616. The van der Waals surface area contributed by atoms with E-state index in [4.69, 9.17) is 9.47 Å². The molecule has 1 aliphatic carbocycles. The molecular formula is C47H41N3O6S2. The van der Waals surface area contributed by atoms with Gasteiger partial charge in [-0.1, -0.05) is 97.1 Å². The average molecular weight is 808 g/mol. The first-order valence-electron chi connectivity index (χ1n) is 18.8. The predicted octanol–water partition coefficient (Wildman–Crippen LogP) is 9.53. The molecule has 0 radical (unpaired) electrons. The molecule has 0 fully saturated rings. The van der Waals surface area contributed by atoms with E-state index in [1.807, 2.05) is 84.9 Å². The number of carbonyl (C=O) groups is 4. The monoisotopic (exact) mass is 807 g/mol. The lowest BCUT2D eigenvalue weighted by atomic mass is 9.83. The molecule has 11 heteroatoms. The van der Waals surface area contributed by atoms with Gasteiger partial charge in [-0.25, -0.2) is 4.79 Å². The molecule has 7 rings (SSSR count). The van der Waals surface area contributed by atoms with Crippen molar-refractivity contribution in [3.63, 3.8) is 0 Å². The first-order valence-corrected chi connectivity index (χ1v) is 20.6. The average Bonchev–Trinajstić information content (AvgIpc) is 3.62. The quantitative estimate of drug-likeness (QED) is 0.0570. The Hall–Kier alpha value is -6.43. The fourth-order valence-corrected chi connectivity index (χ4v) is 8.77. The summed E-state index contributed by atoms with van der Waals surface area (Å²) in [6, 6.07) is 43.2. The molecule has 292 valence electrons. The SMILES string of the molecule is COC(=O)c1c(NC(=O)CSc2cccc(NC(=O)/C(=C/c3ccc(OCc4ccccc4)cc3)NC(=O)c3ccccc3)c2)sc2c1CCC(c1ccccc1)C2. The van der Waals surface area contributed by atoms with Crippen LogP contribution in [0.5, 0.6) is 5.75 Å². The number of nitrogens with one attached hydrogen (secondary N) is 3. The summed E-state index contributed by atoms with van der Waals surface area (Å²) in [5.41, 5.74) is 5.30. The summed E-state index contributed by atoms with van der Waals surface area (Å²) in [6.07, 6.45) is 4.03. The van der Waals surface area contributed by atoms with Gasteiger partial charge in [-0.3, -0.25) is 14.4 Å². The van der Waals surface area contributed by atoms with Crippen LogP contribution in [0.4, 0.5) is 10.7 Å². The summed E-state index contributed by atoms with van der Waals surface area (Å²) < 4.78 is 11.0. The zero-order chi connectivity index (χ0) is 40.3. The van der Waals surface area contributed by atoms with Gasteiger partial charge in [0, 0.05) is 21.0 Å². The number of carbonyl (C=O) groups excluding carboxylic acids is 4. The molecule has 1 aromatic heterocycles. The number of hydrogen-bond acceptors (Lipinski definition) is 8. The van der Waals surface area contributed by atoms with Gasteiger partial charge in [0.15, 0.2) is 0 Å². The maximum absolute atomic E-state index is 13.8. The summed E-state index contributed by atoms with van der Waals surface area (Å²) in [7, 11) is 1.35. The first-order chi connectivity index (χ1) is 28.3. The van der Waals surface area contributed by atoms with E-state index in [9.17, 15) is 19.2 Å². The number of fused-ring (bicyclic) bond motifs is 1. The van der Waals surface area contributed by atoms with Crippen LogP contribution in [0.3, 0.4) is 0 Å². The molecule has 3 N–H and O–H groups in total. The van der Waals surface area contributed by atoms with E-state index in [1.165, 1.54) is 35.8 Å². The third kappa shape index (κ3) is 10.3. The van der Waals surface area contributed by atoms with Crippen molar-refractivity contribution in [2.45, 2.75) is 36.7 Å². The number of anilines is 2. The van der Waals surface area contributed by atoms with Crippen molar-refractivity contribution in [2.24, 2.45) is 0 Å². The standard InChI is InChI=1S/C47H41N3O6S2/c1-55-47(54)43-39-25-22-35(33-14-7-3-8-15-33)27-41(39)58-46(43)50-42(51)30-57-38-19-11-18-36(28-38)48-45(53)40(49-44(52)34-16-9-4-10-17-34)26-31-20-23-37(24-21-31)56-29-32-12-5-2-6-13-32/h2-21,23-24,26,28,35H,22,25,27,29-30H2,1H3,(H,48,53)(H,49,52)(H,50,51)/b40-26-. The lowest BCUT2D eigenvalue weighted by Gasteiger charge is -2.22. The normalized spacial score (nSPS) is 13.5. The summed E-state index contributed by atoms with van der Waals surface area (Å²) in [5, 5.41) is 9.15. The maximum Gasteiger partial charge on any atom is 0.341 e. The van der Waals surface area contributed by atoms with Gasteiger partial charge in [0.1, 0.15) is 23.1 Å². The Morgan fingerprint density at radius 1 is 0.810 bits per heavy atom. The number of thioether (sulfide) groups is 1. The molecular weight excluding hydrogens is 767 g/mol. The van der Waals surface area contributed by atoms with Gasteiger partial charge >= 0.3 is 5.97 Å². The molecule has 58 heavy (non-hydrogen) atoms. The van der Waals surface area contributed by atoms with Crippen molar-refractivity contribution >= 4 is 63.6 Å². The number of hydrogen-bond donors (Lipinski definition) is 3. The molecule has 0 spiro atoms. The molecule has 0 saturated heterocycles. The third-order valence-corrected chi connectivity index (χ3v) is 11.8. The van der Waals surface area contributed by atoms with Crippen LogP contribution in [0.15, 0.2) is 150 Å². The van der Waals surface area contributed by atoms with E-state index in [1.54, 1.807) is 48.5 Å². The van der Waals surface area contributed by atoms with E-state index in [-0.39, 0.29) is 17.4 Å². The fraction of sp³-hybridized carbons (Fsp3) is 0.149. The van der Waals surface area contributed by atoms with Crippen LogP contribution in [0.2, 0.25) is 0 Å². The van der Waals surface area contributed by atoms with E-state index in [0.29, 0.717) is 45.7 Å². The van der Waals surface area contributed by atoms with Crippen LogP contribution in [-0.4, -0.2) is 36.6 Å². The number of rotatable bonds is 14. The molecule has 5 aromatic carbocycles. The summed E-state index contributed by atoms with van der Waals surface area (Å²) in [6.45, 7) is 0.418. The van der Waals surface area contributed by atoms with Crippen LogP contribution >= 0.6 is 23.1 Å². The summed E-state index contributed by atoms with van der Waals surface area (Å²) >= 11 is 2.73. The van der Waals surface area contributed by atoms with Crippen LogP contribution in [0.25, 0.3) is 6.08 Å². The Morgan fingerprint density at radius 2 is 1.52 bits per heavy atom. The minimum atomic E-state index is -0.528. The lowest BCUT2D eigenvalue weighted by molar-refractivity contribution is -0.114. The molecule has 0 saturated carbocycles. The molecule has 1 unspecified atom stereocenters. The van der Waals surface area contributed by atoms with Crippen molar-refractivity contribution < 1.29 is 28.7 Å². The van der Waals surface area contributed by atoms with Crippen molar-refractivity contribution in [3.8, 4) is 5.75 Å². The largest absolute Gasteiger partial charge is 0.489 e. The van der Waals surface area contributed by atoms with Gasteiger partial charge < -0.3 is 25.4 Å². The van der Waals surface area contributed by atoms with E-state index in [2.05, 4.69) is 28.1 Å². The van der Waals surface area contributed by atoms with Crippen molar-refractivity contribution in [1.29, 1.82) is 0 Å². The van der Waals surface area contributed by atoms with E-state index >= 15 is 0 Å². The number of benzene rings is 5. The predicted molar refractivity (Wildman–Crippen MR) is 230 cm³/mol. The zero-order valence-electron chi connectivity index (χ0n) is 31.7. The molecule has 6 aromatic rings. The number of methoxy groups -OCH3 is 1. The van der Waals surface area contributed by atoms with Gasteiger partial charge in [0.2, 0.25) is 5.91 Å². The van der Waals surface area contributed by atoms with E-state index in [0.717, 1.165) is 40.2 Å². The van der Waals surface area contributed by atoms with Gasteiger partial charge in [-0.2, -0.15) is 0 Å². The first kappa shape index (κ1) is 39.8. The molecule has 0 aliphatic heterocycles. The Balaban J connectivity index is 1.01. The number of thiophene rings is 1. The number of ether oxygens (including phenoxy) is 2. The zero-order valence-corrected chi connectivity index (χ0v) is 33.4. The maximum atomic E-state index is 13.8. The van der Waals surface area contributed by atoms with Gasteiger partial charge in [-0.05, 0) is 96.0 Å². The minimum absolute atomic E-state index is 0.0411. The van der Waals surface area contributed by atoms with Crippen LogP contribution in [0.1, 0.15) is 60.2 Å². The molecule has 1 heterocycles. The van der Waals surface area contributed by atoms with Gasteiger partial charge in [0.25, 0.3) is 11.8 Å². The Morgan fingerprint density at radius 3 is 2.24 bits per heavy atom. The van der Waals surface area contributed by atoms with E-state index < -0.39 is 17.8 Å². The molecule has 1 atom stereocenters. The molecule has 0 bridgehead atoms. The fourth-order valence-electron chi connectivity index (χ4n) is 6.69. The highest BCUT2D eigenvalue weighted by Gasteiger charge is 2.30. The van der Waals surface area contributed by atoms with Crippen molar-refractivity contribution in [3.05, 3.63) is 183 Å². The molecule has 3 amide bonds. The second kappa shape index (κ2) is 19.1. The Labute approximate surface area is 345 Å². The highest BCUT2D eigenvalue weighted by molar-refractivity contribution is 8.00. The van der Waals surface area contributed by atoms with Crippen LogP contribution in [0, 0.1) is 0 Å². The van der Waals surface area contributed by atoms with Gasteiger partial charge in [0.05, 0.1) is 18.4 Å².